The second-order valence-electron chi connectivity index (χ2n) is 10.4. The molecule has 2 amide bonds. The molecule has 7 nitrogen and oxygen atoms in total. The third-order valence-electron chi connectivity index (χ3n) is 6.73. The highest BCUT2D eigenvalue weighted by molar-refractivity contribution is 6.30. The van der Waals surface area contributed by atoms with E-state index < -0.39 is 5.60 Å². The first kappa shape index (κ1) is 28.9. The molecule has 4 N–H and O–H groups in total. The number of urea groups is 1. The van der Waals surface area contributed by atoms with Gasteiger partial charge in [0.2, 0.25) is 0 Å². The first-order valence-corrected chi connectivity index (χ1v) is 12.7. The molecule has 1 aromatic carbocycles. The van der Waals surface area contributed by atoms with Crippen molar-refractivity contribution in [1.82, 2.24) is 10.2 Å². The molecule has 1 saturated heterocycles. The Labute approximate surface area is 210 Å². The molecule has 1 aliphatic heterocycles. The molecule has 0 unspecified atom stereocenters. The molecule has 0 aliphatic carbocycles. The van der Waals surface area contributed by atoms with Crippen LogP contribution in [0.25, 0.3) is 0 Å². The van der Waals surface area contributed by atoms with Crippen molar-refractivity contribution in [2.24, 2.45) is 17.1 Å². The van der Waals surface area contributed by atoms with Crippen LogP contribution in [0.3, 0.4) is 0 Å². The number of amides is 2. The number of piperidine rings is 1. The van der Waals surface area contributed by atoms with E-state index in [4.69, 9.17) is 26.8 Å². The van der Waals surface area contributed by atoms with Gasteiger partial charge in [-0.15, -0.1) is 0 Å². The van der Waals surface area contributed by atoms with Crippen LogP contribution >= 0.6 is 11.6 Å². The fourth-order valence-electron chi connectivity index (χ4n) is 5.10. The molecule has 1 heterocycles. The highest BCUT2D eigenvalue weighted by Gasteiger charge is 2.41. The zero-order valence-electron chi connectivity index (χ0n) is 21.3. The zero-order chi connectivity index (χ0) is 25.2. The normalized spacial score (nSPS) is 19.5. The monoisotopic (exact) mass is 497 g/mol. The summed E-state index contributed by atoms with van der Waals surface area (Å²) in [6.45, 7) is 7.06. The van der Waals surface area contributed by atoms with Crippen LogP contribution < -0.4 is 11.1 Å². The first-order chi connectivity index (χ1) is 16.1. The number of halogens is 1. The van der Waals surface area contributed by atoms with Crippen LogP contribution in [-0.4, -0.2) is 69.1 Å². The van der Waals surface area contributed by atoms with Crippen molar-refractivity contribution in [3.63, 3.8) is 0 Å². The summed E-state index contributed by atoms with van der Waals surface area (Å²) < 4.78 is 10.5. The Hall–Kier alpha value is -1.38. The molecule has 34 heavy (non-hydrogen) atoms. The van der Waals surface area contributed by atoms with Crippen LogP contribution in [0.1, 0.15) is 57.9 Å². The lowest BCUT2D eigenvalue weighted by molar-refractivity contribution is -0.0563. The summed E-state index contributed by atoms with van der Waals surface area (Å²) in [7, 11) is 3.37. The number of nitrogens with one attached hydrogen (secondary N) is 1. The van der Waals surface area contributed by atoms with Crippen molar-refractivity contribution in [3.05, 3.63) is 34.9 Å². The van der Waals surface area contributed by atoms with Gasteiger partial charge < -0.3 is 30.5 Å². The lowest BCUT2D eigenvalue weighted by atomic mass is 9.74. The molecule has 194 valence electrons. The van der Waals surface area contributed by atoms with Crippen LogP contribution in [0.15, 0.2) is 24.3 Å². The van der Waals surface area contributed by atoms with Crippen LogP contribution in [0.5, 0.6) is 0 Å². The second-order valence-corrected chi connectivity index (χ2v) is 10.9. The molecular formula is C26H44ClN3O4. The van der Waals surface area contributed by atoms with Gasteiger partial charge in [-0.2, -0.15) is 0 Å². The number of nitrogens with zero attached hydrogens (tertiary/aromatic N) is 1. The number of ether oxygens (including phenoxy) is 2. The van der Waals surface area contributed by atoms with Gasteiger partial charge in [-0.05, 0) is 61.6 Å². The molecule has 3 atom stereocenters. The molecule has 0 radical (unpaired) electrons. The third kappa shape index (κ3) is 8.68. The Morgan fingerprint density at radius 1 is 1.32 bits per heavy atom. The zero-order valence-corrected chi connectivity index (χ0v) is 22.1. The number of benzene rings is 1. The van der Waals surface area contributed by atoms with E-state index in [1.165, 1.54) is 0 Å². The molecule has 0 aromatic heterocycles. The summed E-state index contributed by atoms with van der Waals surface area (Å²) in [6, 6.07) is 7.18. The van der Waals surface area contributed by atoms with E-state index in [1.807, 2.05) is 29.2 Å². The lowest BCUT2D eigenvalue weighted by Crippen LogP contribution is -2.52. The Bertz CT molecular complexity index is 763. The Kier molecular flexibility index (Phi) is 11.6. The maximum atomic E-state index is 13.0. The number of aliphatic hydroxyl groups is 1. The largest absolute Gasteiger partial charge is 0.385 e. The first-order valence-electron chi connectivity index (χ1n) is 12.4. The SMILES string of the molecule is COCCCC[C@@](O)(c1cccc(Cl)c1)[C@@H]1CCCN(C(=O)NC[C@H](N)CC(C)(C)COC)C1. The van der Waals surface area contributed by atoms with E-state index in [-0.39, 0.29) is 23.4 Å². The predicted molar refractivity (Wildman–Crippen MR) is 137 cm³/mol. The van der Waals surface area contributed by atoms with Gasteiger partial charge in [-0.1, -0.05) is 37.6 Å². The summed E-state index contributed by atoms with van der Waals surface area (Å²) in [5, 5.41) is 15.5. The molecule has 1 aromatic rings. The van der Waals surface area contributed by atoms with E-state index in [9.17, 15) is 9.90 Å². The summed E-state index contributed by atoms with van der Waals surface area (Å²) in [5.41, 5.74) is 5.99. The van der Waals surface area contributed by atoms with Crippen molar-refractivity contribution in [2.45, 2.75) is 64.0 Å². The average molecular weight is 498 g/mol. The number of carbonyl (C=O) groups excluding carboxylic acids is 1. The Balaban J connectivity index is 2.04. The number of methoxy groups -OCH3 is 2. The van der Waals surface area contributed by atoms with Crippen LogP contribution in [0.2, 0.25) is 5.02 Å². The van der Waals surface area contributed by atoms with Gasteiger partial charge in [0.15, 0.2) is 0 Å². The van der Waals surface area contributed by atoms with Gasteiger partial charge in [-0.25, -0.2) is 4.79 Å². The number of nitrogens with two attached hydrogens (primary N) is 1. The molecule has 0 bridgehead atoms. The van der Waals surface area contributed by atoms with Crippen LogP contribution in [0.4, 0.5) is 4.79 Å². The minimum absolute atomic E-state index is 0.0502. The summed E-state index contributed by atoms with van der Waals surface area (Å²) in [5.74, 6) is -0.0812. The van der Waals surface area contributed by atoms with Gasteiger partial charge in [-0.3, -0.25) is 0 Å². The van der Waals surface area contributed by atoms with Crippen molar-refractivity contribution < 1.29 is 19.4 Å². The summed E-state index contributed by atoms with van der Waals surface area (Å²) >= 11 is 6.26. The minimum atomic E-state index is -1.06. The summed E-state index contributed by atoms with van der Waals surface area (Å²) in [4.78, 5) is 14.8. The van der Waals surface area contributed by atoms with Gasteiger partial charge in [0.1, 0.15) is 0 Å². The van der Waals surface area contributed by atoms with Crippen LogP contribution in [0, 0.1) is 11.3 Å². The van der Waals surface area contributed by atoms with Gasteiger partial charge >= 0.3 is 6.03 Å². The molecular weight excluding hydrogens is 454 g/mol. The third-order valence-corrected chi connectivity index (χ3v) is 6.97. The number of carbonyl (C=O) groups is 1. The molecule has 2 rings (SSSR count). The Morgan fingerprint density at radius 3 is 2.76 bits per heavy atom. The Morgan fingerprint density at radius 2 is 2.09 bits per heavy atom. The van der Waals surface area contributed by atoms with Crippen molar-refractivity contribution in [1.29, 1.82) is 0 Å². The maximum absolute atomic E-state index is 13.0. The molecule has 0 spiro atoms. The molecule has 1 aliphatic rings. The highest BCUT2D eigenvalue weighted by atomic mass is 35.5. The highest BCUT2D eigenvalue weighted by Crippen LogP contribution is 2.40. The fraction of sp³-hybridized carbons (Fsp3) is 0.731. The predicted octanol–water partition coefficient (Wildman–Crippen LogP) is 4.16. The van der Waals surface area contributed by atoms with Crippen molar-refractivity contribution >= 4 is 17.6 Å². The van der Waals surface area contributed by atoms with E-state index >= 15 is 0 Å². The molecule has 1 fully saturated rings. The molecule has 8 heteroatoms. The van der Waals surface area contributed by atoms with Gasteiger partial charge in [0, 0.05) is 57.4 Å². The second kappa shape index (κ2) is 13.6. The number of likely N-dealkylation sites (tertiary alicyclic amines) is 1. The maximum Gasteiger partial charge on any atom is 0.317 e. The average Bonchev–Trinajstić information content (AvgIpc) is 2.80. The van der Waals surface area contributed by atoms with E-state index in [2.05, 4.69) is 19.2 Å². The smallest absolute Gasteiger partial charge is 0.317 e. The quantitative estimate of drug-likeness (QED) is 0.355. The number of unbranched alkanes of at least 4 members (excludes halogenated alkanes) is 1. The van der Waals surface area contributed by atoms with Crippen LogP contribution in [-0.2, 0) is 15.1 Å². The van der Waals surface area contributed by atoms with Crippen molar-refractivity contribution in [3.8, 4) is 0 Å². The number of hydrogen-bond donors (Lipinski definition) is 3. The standard InChI is InChI=1S/C26H44ClN3O4/c1-25(2,19-34-4)16-23(28)17-29-24(31)30-13-8-10-21(18-30)26(32,12-5-6-14-33-3)20-9-7-11-22(27)15-20/h7,9,11,15,21,23,32H,5-6,8,10,12-14,16-19,28H2,1-4H3,(H,29,31)/t21-,23-,26-/m1/s1. The van der Waals surface area contributed by atoms with E-state index in [1.54, 1.807) is 14.2 Å². The number of rotatable bonds is 13. The van der Waals surface area contributed by atoms with Gasteiger partial charge in [0.25, 0.3) is 0 Å². The number of hydrogen-bond acceptors (Lipinski definition) is 5. The van der Waals surface area contributed by atoms with E-state index in [0.717, 1.165) is 37.7 Å². The van der Waals surface area contributed by atoms with E-state index in [0.29, 0.717) is 44.3 Å². The summed E-state index contributed by atoms with van der Waals surface area (Å²) in [6.07, 6.45) is 4.73. The van der Waals surface area contributed by atoms with Gasteiger partial charge in [0.05, 0.1) is 12.2 Å². The van der Waals surface area contributed by atoms with Crippen molar-refractivity contribution in [2.75, 3.05) is 47.1 Å². The molecule has 0 saturated carbocycles. The lowest BCUT2D eigenvalue weighted by Gasteiger charge is -2.43. The minimum Gasteiger partial charge on any atom is -0.385 e. The fourth-order valence-corrected chi connectivity index (χ4v) is 5.29. The topological polar surface area (TPSA) is 97.1 Å².